The van der Waals surface area contributed by atoms with Crippen LogP contribution in [0.15, 0.2) is 22.9 Å². The average Bonchev–Trinajstić information content (AvgIpc) is 2.45. The first-order valence-corrected chi connectivity index (χ1v) is 7.09. The Hall–Kier alpha value is -1.47. The summed E-state index contributed by atoms with van der Waals surface area (Å²) >= 11 is 3.22. The molecule has 1 fully saturated rings. The highest BCUT2D eigenvalue weighted by molar-refractivity contribution is 9.10. The Morgan fingerprint density at radius 3 is 2.90 bits per heavy atom. The van der Waals surface area contributed by atoms with Crippen LogP contribution in [0.4, 0.5) is 0 Å². The number of carbonyl (C=O) groups excluding carboxylic acids is 1. The summed E-state index contributed by atoms with van der Waals surface area (Å²) in [6, 6.07) is 0.653. The lowest BCUT2D eigenvalue weighted by molar-refractivity contribution is -0.142. The number of hydrogen-bond donors (Lipinski definition) is 2. The Morgan fingerprint density at radius 2 is 2.30 bits per heavy atom. The third-order valence-corrected chi connectivity index (χ3v) is 3.62. The molecule has 1 saturated heterocycles. The SMILES string of the molecule is O=C(NC(C(=O)O)C1CCCOC1)c1cncc(Br)c1. The molecule has 2 unspecified atom stereocenters. The molecule has 0 aromatic carbocycles. The smallest absolute Gasteiger partial charge is 0.326 e. The van der Waals surface area contributed by atoms with E-state index in [0.717, 1.165) is 12.8 Å². The van der Waals surface area contributed by atoms with Gasteiger partial charge in [-0.1, -0.05) is 0 Å². The zero-order valence-electron chi connectivity index (χ0n) is 10.7. The van der Waals surface area contributed by atoms with Gasteiger partial charge in [-0.2, -0.15) is 0 Å². The fourth-order valence-electron chi connectivity index (χ4n) is 2.17. The van der Waals surface area contributed by atoms with E-state index in [1.165, 1.54) is 6.20 Å². The summed E-state index contributed by atoms with van der Waals surface area (Å²) in [5.74, 6) is -1.70. The predicted octanol–water partition coefficient (Wildman–Crippen LogP) is 1.45. The first kappa shape index (κ1) is 14.9. The van der Waals surface area contributed by atoms with Crippen molar-refractivity contribution < 1.29 is 19.4 Å². The number of hydrogen-bond acceptors (Lipinski definition) is 4. The van der Waals surface area contributed by atoms with Crippen LogP contribution < -0.4 is 5.32 Å². The van der Waals surface area contributed by atoms with Crippen LogP contribution in [-0.4, -0.2) is 41.2 Å². The lowest BCUT2D eigenvalue weighted by Crippen LogP contribution is -2.48. The molecule has 1 aromatic heterocycles. The first-order chi connectivity index (χ1) is 9.58. The highest BCUT2D eigenvalue weighted by Crippen LogP contribution is 2.18. The van der Waals surface area contributed by atoms with Crippen molar-refractivity contribution in [1.29, 1.82) is 0 Å². The fraction of sp³-hybridized carbons (Fsp3) is 0.462. The normalized spacial score (nSPS) is 20.1. The highest BCUT2D eigenvalue weighted by atomic mass is 79.9. The number of amides is 1. The van der Waals surface area contributed by atoms with Crippen LogP contribution in [0.5, 0.6) is 0 Å². The highest BCUT2D eigenvalue weighted by Gasteiger charge is 2.31. The summed E-state index contributed by atoms with van der Waals surface area (Å²) in [7, 11) is 0. The van der Waals surface area contributed by atoms with Gasteiger partial charge in [0.25, 0.3) is 5.91 Å². The van der Waals surface area contributed by atoms with Gasteiger partial charge in [-0.25, -0.2) is 4.79 Å². The van der Waals surface area contributed by atoms with Crippen LogP contribution in [0.3, 0.4) is 0 Å². The molecule has 0 radical (unpaired) electrons. The van der Waals surface area contributed by atoms with Gasteiger partial charge in [-0.15, -0.1) is 0 Å². The number of carboxylic acids is 1. The van der Waals surface area contributed by atoms with Gasteiger partial charge in [-0.05, 0) is 34.8 Å². The van der Waals surface area contributed by atoms with Crippen molar-refractivity contribution in [3.05, 3.63) is 28.5 Å². The number of aromatic nitrogens is 1. The maximum atomic E-state index is 12.1. The second-order valence-corrected chi connectivity index (χ2v) is 5.57. The molecule has 0 saturated carbocycles. The predicted molar refractivity (Wildman–Crippen MR) is 74.4 cm³/mol. The number of carbonyl (C=O) groups is 2. The number of pyridine rings is 1. The van der Waals surface area contributed by atoms with Crippen LogP contribution in [0.1, 0.15) is 23.2 Å². The minimum absolute atomic E-state index is 0.203. The van der Waals surface area contributed by atoms with E-state index in [2.05, 4.69) is 26.2 Å². The molecular formula is C13H15BrN2O4. The topological polar surface area (TPSA) is 88.5 Å². The van der Waals surface area contributed by atoms with Gasteiger partial charge in [-0.3, -0.25) is 9.78 Å². The van der Waals surface area contributed by atoms with Gasteiger partial charge < -0.3 is 15.2 Å². The van der Waals surface area contributed by atoms with Gasteiger partial charge in [0.15, 0.2) is 0 Å². The zero-order valence-corrected chi connectivity index (χ0v) is 12.3. The van der Waals surface area contributed by atoms with Crippen molar-refractivity contribution in [3.63, 3.8) is 0 Å². The zero-order chi connectivity index (χ0) is 14.5. The number of nitrogens with one attached hydrogen (secondary N) is 1. The number of ether oxygens (including phenoxy) is 1. The molecule has 0 aliphatic carbocycles. The molecule has 108 valence electrons. The first-order valence-electron chi connectivity index (χ1n) is 6.30. The quantitative estimate of drug-likeness (QED) is 0.864. The summed E-state index contributed by atoms with van der Waals surface area (Å²) in [6.45, 7) is 1.00. The summed E-state index contributed by atoms with van der Waals surface area (Å²) < 4.78 is 5.95. The molecule has 1 aliphatic rings. The molecule has 2 atom stereocenters. The van der Waals surface area contributed by atoms with E-state index >= 15 is 0 Å². The Morgan fingerprint density at radius 1 is 1.50 bits per heavy atom. The van der Waals surface area contributed by atoms with Crippen LogP contribution in [0, 0.1) is 5.92 Å². The molecule has 6 nitrogen and oxygen atoms in total. The van der Waals surface area contributed by atoms with E-state index < -0.39 is 17.9 Å². The van der Waals surface area contributed by atoms with Crippen LogP contribution >= 0.6 is 15.9 Å². The maximum absolute atomic E-state index is 12.1. The molecule has 0 bridgehead atoms. The third-order valence-electron chi connectivity index (χ3n) is 3.19. The molecule has 20 heavy (non-hydrogen) atoms. The van der Waals surface area contributed by atoms with E-state index in [9.17, 15) is 14.7 Å². The van der Waals surface area contributed by atoms with Gasteiger partial charge in [0.2, 0.25) is 0 Å². The number of aliphatic carboxylic acids is 1. The van der Waals surface area contributed by atoms with E-state index in [-0.39, 0.29) is 5.92 Å². The summed E-state index contributed by atoms with van der Waals surface area (Å²) in [5.41, 5.74) is 0.322. The molecule has 2 rings (SSSR count). The third kappa shape index (κ3) is 3.77. The summed E-state index contributed by atoms with van der Waals surface area (Å²) in [5, 5.41) is 11.8. The molecule has 0 spiro atoms. The Bertz CT molecular complexity index is 503. The maximum Gasteiger partial charge on any atom is 0.326 e. The van der Waals surface area contributed by atoms with Crippen LogP contribution in [0.2, 0.25) is 0 Å². The van der Waals surface area contributed by atoms with Crippen molar-refractivity contribution in [1.82, 2.24) is 10.3 Å². The molecule has 1 amide bonds. The lowest BCUT2D eigenvalue weighted by atomic mass is 9.93. The van der Waals surface area contributed by atoms with Gasteiger partial charge in [0, 0.05) is 29.4 Å². The van der Waals surface area contributed by atoms with Gasteiger partial charge in [0.05, 0.1) is 12.2 Å². The Labute approximate surface area is 124 Å². The largest absolute Gasteiger partial charge is 0.480 e. The lowest BCUT2D eigenvalue weighted by Gasteiger charge is -2.28. The average molecular weight is 343 g/mol. The molecule has 2 heterocycles. The fourth-order valence-corrected chi connectivity index (χ4v) is 2.54. The number of nitrogens with zero attached hydrogens (tertiary/aromatic N) is 1. The second kappa shape index (κ2) is 6.81. The van der Waals surface area contributed by atoms with E-state index in [1.807, 2.05) is 0 Å². The molecule has 1 aliphatic heterocycles. The van der Waals surface area contributed by atoms with Crippen molar-refractivity contribution >= 4 is 27.8 Å². The van der Waals surface area contributed by atoms with E-state index in [4.69, 9.17) is 4.74 Å². The van der Waals surface area contributed by atoms with E-state index in [0.29, 0.717) is 23.2 Å². The minimum Gasteiger partial charge on any atom is -0.480 e. The van der Waals surface area contributed by atoms with Crippen LogP contribution in [-0.2, 0) is 9.53 Å². The monoisotopic (exact) mass is 342 g/mol. The summed E-state index contributed by atoms with van der Waals surface area (Å²) in [4.78, 5) is 27.3. The molecule has 7 heteroatoms. The Balaban J connectivity index is 2.07. The Kier molecular flexibility index (Phi) is 5.08. The van der Waals surface area contributed by atoms with Crippen molar-refractivity contribution in [2.75, 3.05) is 13.2 Å². The molecular weight excluding hydrogens is 328 g/mol. The van der Waals surface area contributed by atoms with Gasteiger partial charge >= 0.3 is 5.97 Å². The van der Waals surface area contributed by atoms with Crippen molar-refractivity contribution in [2.24, 2.45) is 5.92 Å². The number of halogens is 1. The minimum atomic E-state index is -1.04. The number of carboxylic acid groups (broad SMARTS) is 1. The van der Waals surface area contributed by atoms with Gasteiger partial charge in [0.1, 0.15) is 6.04 Å². The van der Waals surface area contributed by atoms with Crippen LogP contribution in [0.25, 0.3) is 0 Å². The van der Waals surface area contributed by atoms with Crippen molar-refractivity contribution in [2.45, 2.75) is 18.9 Å². The second-order valence-electron chi connectivity index (χ2n) is 4.66. The summed E-state index contributed by atoms with van der Waals surface area (Å²) in [6.07, 6.45) is 4.49. The number of rotatable bonds is 4. The molecule has 1 aromatic rings. The molecule has 2 N–H and O–H groups in total. The van der Waals surface area contributed by atoms with Crippen molar-refractivity contribution in [3.8, 4) is 0 Å². The standard InChI is InChI=1S/C13H15BrN2O4/c14-10-4-9(5-15-6-10)12(17)16-11(13(18)19)8-2-1-3-20-7-8/h4-6,8,11H,1-3,7H2,(H,16,17)(H,18,19). The van der Waals surface area contributed by atoms with E-state index in [1.54, 1.807) is 12.3 Å².